The van der Waals surface area contributed by atoms with Gasteiger partial charge in [-0.15, -0.1) is 0 Å². The van der Waals surface area contributed by atoms with Gasteiger partial charge in [0.25, 0.3) is 5.91 Å². The standard InChI is InChI=1S/C10H17N3O3/c1-2-4-13-7-9(6-12-13)16-8-10(15)11-3-5-14/h6-7,14H,2-5,8H2,1H3,(H,11,15). The van der Waals surface area contributed by atoms with Gasteiger partial charge in [0.05, 0.1) is 19.0 Å². The van der Waals surface area contributed by atoms with E-state index in [2.05, 4.69) is 17.3 Å². The van der Waals surface area contributed by atoms with Crippen LogP contribution in [0.3, 0.4) is 0 Å². The maximum Gasteiger partial charge on any atom is 0.258 e. The molecule has 6 nitrogen and oxygen atoms in total. The van der Waals surface area contributed by atoms with Crippen LogP contribution in [-0.2, 0) is 11.3 Å². The van der Waals surface area contributed by atoms with Gasteiger partial charge in [-0.25, -0.2) is 0 Å². The molecule has 1 aromatic rings. The highest BCUT2D eigenvalue weighted by atomic mass is 16.5. The van der Waals surface area contributed by atoms with Crippen molar-refractivity contribution >= 4 is 5.91 Å². The molecule has 90 valence electrons. The lowest BCUT2D eigenvalue weighted by Crippen LogP contribution is -2.31. The molecule has 0 unspecified atom stereocenters. The third kappa shape index (κ3) is 4.31. The molecule has 0 spiro atoms. The lowest BCUT2D eigenvalue weighted by atomic mass is 10.5. The molecule has 0 saturated heterocycles. The van der Waals surface area contributed by atoms with E-state index in [1.807, 2.05) is 0 Å². The van der Waals surface area contributed by atoms with Crippen LogP contribution in [0, 0.1) is 0 Å². The number of aliphatic hydroxyl groups is 1. The Hall–Kier alpha value is -1.56. The minimum absolute atomic E-state index is 0.0577. The summed E-state index contributed by atoms with van der Waals surface area (Å²) in [5.74, 6) is 0.324. The summed E-state index contributed by atoms with van der Waals surface area (Å²) < 4.78 is 6.98. The molecule has 2 N–H and O–H groups in total. The summed E-state index contributed by atoms with van der Waals surface area (Å²) in [5, 5.41) is 15.1. The number of nitrogens with zero attached hydrogens (tertiary/aromatic N) is 2. The first-order valence-corrected chi connectivity index (χ1v) is 5.29. The van der Waals surface area contributed by atoms with E-state index in [0.29, 0.717) is 5.75 Å². The lowest BCUT2D eigenvalue weighted by molar-refractivity contribution is -0.123. The molecule has 0 atom stereocenters. The number of aromatic nitrogens is 2. The number of carbonyl (C=O) groups excluding carboxylic acids is 1. The van der Waals surface area contributed by atoms with Gasteiger partial charge in [0, 0.05) is 13.1 Å². The average Bonchev–Trinajstić information content (AvgIpc) is 2.72. The van der Waals surface area contributed by atoms with Crippen LogP contribution in [0.1, 0.15) is 13.3 Å². The first-order chi connectivity index (χ1) is 7.76. The molecule has 1 heterocycles. The van der Waals surface area contributed by atoms with Crippen molar-refractivity contribution in [3.05, 3.63) is 12.4 Å². The van der Waals surface area contributed by atoms with Gasteiger partial charge in [-0.1, -0.05) is 6.92 Å². The molecule has 0 saturated carbocycles. The van der Waals surface area contributed by atoms with E-state index < -0.39 is 0 Å². The molecule has 6 heteroatoms. The summed E-state index contributed by atoms with van der Waals surface area (Å²) in [4.78, 5) is 11.1. The normalized spacial score (nSPS) is 10.1. The molecule has 1 aromatic heterocycles. The smallest absolute Gasteiger partial charge is 0.258 e. The van der Waals surface area contributed by atoms with Crippen LogP contribution in [0.5, 0.6) is 5.75 Å². The van der Waals surface area contributed by atoms with Gasteiger partial charge in [-0.3, -0.25) is 9.48 Å². The second-order valence-corrected chi connectivity index (χ2v) is 3.30. The fraction of sp³-hybridized carbons (Fsp3) is 0.600. The monoisotopic (exact) mass is 227 g/mol. The zero-order valence-corrected chi connectivity index (χ0v) is 9.35. The summed E-state index contributed by atoms with van der Waals surface area (Å²) in [5.41, 5.74) is 0. The van der Waals surface area contributed by atoms with Crippen LogP contribution in [0.25, 0.3) is 0 Å². The number of ether oxygens (including phenoxy) is 1. The highest BCUT2D eigenvalue weighted by Crippen LogP contribution is 2.07. The van der Waals surface area contributed by atoms with E-state index in [0.717, 1.165) is 13.0 Å². The van der Waals surface area contributed by atoms with Crippen LogP contribution in [-0.4, -0.2) is 40.6 Å². The van der Waals surface area contributed by atoms with E-state index in [9.17, 15) is 4.79 Å². The van der Waals surface area contributed by atoms with Gasteiger partial charge in [-0.05, 0) is 6.42 Å². The molecule has 0 fully saturated rings. The number of aryl methyl sites for hydroxylation is 1. The summed E-state index contributed by atoms with van der Waals surface area (Å²) in [7, 11) is 0. The van der Waals surface area contributed by atoms with Gasteiger partial charge in [0.2, 0.25) is 0 Å². The van der Waals surface area contributed by atoms with Gasteiger partial charge in [0.15, 0.2) is 12.4 Å². The Balaban J connectivity index is 2.28. The topological polar surface area (TPSA) is 76.4 Å². The molecular formula is C10H17N3O3. The van der Waals surface area contributed by atoms with Crippen molar-refractivity contribution in [1.82, 2.24) is 15.1 Å². The van der Waals surface area contributed by atoms with Crippen molar-refractivity contribution in [2.24, 2.45) is 0 Å². The van der Waals surface area contributed by atoms with E-state index in [1.54, 1.807) is 17.1 Å². The van der Waals surface area contributed by atoms with E-state index in [4.69, 9.17) is 9.84 Å². The molecule has 0 aliphatic carbocycles. The summed E-state index contributed by atoms with van der Waals surface area (Å²) in [6.45, 7) is 3.01. The average molecular weight is 227 g/mol. The second-order valence-electron chi connectivity index (χ2n) is 3.30. The van der Waals surface area contributed by atoms with E-state index >= 15 is 0 Å². The molecule has 0 bridgehead atoms. The van der Waals surface area contributed by atoms with Crippen LogP contribution in [0.2, 0.25) is 0 Å². The van der Waals surface area contributed by atoms with Gasteiger partial charge < -0.3 is 15.2 Å². The molecule has 0 radical (unpaired) electrons. The van der Waals surface area contributed by atoms with Crippen molar-refractivity contribution in [2.45, 2.75) is 19.9 Å². The molecular weight excluding hydrogens is 210 g/mol. The summed E-state index contributed by atoms with van der Waals surface area (Å²) in [6, 6.07) is 0. The van der Waals surface area contributed by atoms with Crippen LogP contribution in [0.15, 0.2) is 12.4 Å². The molecule has 0 aliphatic rings. The number of nitrogens with one attached hydrogen (secondary N) is 1. The van der Waals surface area contributed by atoms with Crippen molar-refractivity contribution in [1.29, 1.82) is 0 Å². The third-order valence-corrected chi connectivity index (χ3v) is 1.87. The van der Waals surface area contributed by atoms with Crippen LogP contribution >= 0.6 is 0 Å². The number of hydrogen-bond acceptors (Lipinski definition) is 4. The first kappa shape index (κ1) is 12.5. The molecule has 1 amide bonds. The third-order valence-electron chi connectivity index (χ3n) is 1.87. The predicted molar refractivity (Wildman–Crippen MR) is 58.1 cm³/mol. The maximum atomic E-state index is 11.1. The Kier molecular flexibility index (Phi) is 5.35. The summed E-state index contributed by atoms with van der Waals surface area (Å²) in [6.07, 6.45) is 4.33. The predicted octanol–water partition coefficient (Wildman–Crippen LogP) is -0.220. The molecule has 16 heavy (non-hydrogen) atoms. The number of hydrogen-bond donors (Lipinski definition) is 2. The van der Waals surface area contributed by atoms with Crippen LogP contribution in [0.4, 0.5) is 0 Å². The SMILES string of the molecule is CCCn1cc(OCC(=O)NCCO)cn1. The Labute approximate surface area is 94.2 Å². The first-order valence-electron chi connectivity index (χ1n) is 5.29. The maximum absolute atomic E-state index is 11.1. The number of rotatable bonds is 7. The molecule has 1 rings (SSSR count). The van der Waals surface area contributed by atoms with Gasteiger partial charge >= 0.3 is 0 Å². The van der Waals surface area contributed by atoms with Crippen molar-refractivity contribution in [3.8, 4) is 5.75 Å². The fourth-order valence-electron chi connectivity index (χ4n) is 1.17. The number of aliphatic hydroxyl groups excluding tert-OH is 1. The summed E-state index contributed by atoms with van der Waals surface area (Å²) >= 11 is 0. The number of carbonyl (C=O) groups is 1. The zero-order chi connectivity index (χ0) is 11.8. The Morgan fingerprint density at radius 1 is 1.69 bits per heavy atom. The Morgan fingerprint density at radius 2 is 2.50 bits per heavy atom. The highest BCUT2D eigenvalue weighted by Gasteiger charge is 2.03. The minimum Gasteiger partial charge on any atom is -0.480 e. The van der Waals surface area contributed by atoms with Crippen LogP contribution < -0.4 is 10.1 Å². The van der Waals surface area contributed by atoms with Crippen molar-refractivity contribution in [2.75, 3.05) is 19.8 Å². The highest BCUT2D eigenvalue weighted by molar-refractivity contribution is 5.77. The molecule has 0 aromatic carbocycles. The Bertz CT molecular complexity index is 325. The number of amides is 1. The quantitative estimate of drug-likeness (QED) is 0.675. The van der Waals surface area contributed by atoms with Crippen molar-refractivity contribution < 1.29 is 14.6 Å². The lowest BCUT2D eigenvalue weighted by Gasteiger charge is -2.03. The fourth-order valence-corrected chi connectivity index (χ4v) is 1.17. The molecule has 0 aliphatic heterocycles. The van der Waals surface area contributed by atoms with E-state index in [-0.39, 0.29) is 25.7 Å². The minimum atomic E-state index is -0.253. The van der Waals surface area contributed by atoms with Gasteiger partial charge in [0.1, 0.15) is 0 Å². The second kappa shape index (κ2) is 6.84. The largest absolute Gasteiger partial charge is 0.480 e. The Morgan fingerprint density at radius 3 is 3.19 bits per heavy atom. The zero-order valence-electron chi connectivity index (χ0n) is 9.35. The van der Waals surface area contributed by atoms with E-state index in [1.165, 1.54) is 0 Å². The van der Waals surface area contributed by atoms with Gasteiger partial charge in [-0.2, -0.15) is 5.10 Å². The van der Waals surface area contributed by atoms with Crippen molar-refractivity contribution in [3.63, 3.8) is 0 Å².